The normalized spacial score (nSPS) is 20.0. The van der Waals surface area contributed by atoms with Gasteiger partial charge in [-0.15, -0.1) is 0 Å². The predicted molar refractivity (Wildman–Crippen MR) is 114 cm³/mol. The minimum atomic E-state index is -0.272. The van der Waals surface area contributed by atoms with Crippen LogP contribution in [0.3, 0.4) is 0 Å². The van der Waals surface area contributed by atoms with Crippen molar-refractivity contribution >= 4 is 17.7 Å². The summed E-state index contributed by atoms with van der Waals surface area (Å²) in [6.45, 7) is 7.73. The van der Waals surface area contributed by atoms with E-state index in [0.717, 1.165) is 30.6 Å². The Morgan fingerprint density at radius 3 is 2.53 bits per heavy atom. The Labute approximate surface area is 178 Å². The number of nitrogens with zero attached hydrogens (tertiary/aromatic N) is 2. The average Bonchev–Trinajstić information content (AvgIpc) is 3.15. The second kappa shape index (κ2) is 9.96. The minimum Gasteiger partial charge on any atom is -0.483 e. The largest absolute Gasteiger partial charge is 0.483 e. The van der Waals surface area contributed by atoms with Crippen molar-refractivity contribution in [3.05, 3.63) is 29.8 Å². The Kier molecular flexibility index (Phi) is 7.34. The van der Waals surface area contributed by atoms with Gasteiger partial charge in [0.2, 0.25) is 11.8 Å². The number of amides is 3. The SMILES string of the molecule is CCc1ccccc1OCC(=O)N1CCC(NC(=O)C2CC(=O)N(C(C)C)C2)CC1. The quantitative estimate of drug-likeness (QED) is 0.739. The van der Waals surface area contributed by atoms with Crippen molar-refractivity contribution in [1.29, 1.82) is 0 Å². The van der Waals surface area contributed by atoms with Gasteiger partial charge in [-0.25, -0.2) is 0 Å². The number of rotatable bonds is 7. The number of hydrogen-bond acceptors (Lipinski definition) is 4. The summed E-state index contributed by atoms with van der Waals surface area (Å²) in [6, 6.07) is 7.94. The molecule has 0 aliphatic carbocycles. The van der Waals surface area contributed by atoms with Gasteiger partial charge in [0.25, 0.3) is 5.91 Å². The number of carbonyl (C=O) groups is 3. The lowest BCUT2D eigenvalue weighted by Gasteiger charge is -2.33. The summed E-state index contributed by atoms with van der Waals surface area (Å²) in [5.41, 5.74) is 1.09. The third-order valence-corrected chi connectivity index (χ3v) is 6.05. The lowest BCUT2D eigenvalue weighted by Crippen LogP contribution is -2.49. The van der Waals surface area contributed by atoms with E-state index in [2.05, 4.69) is 12.2 Å². The number of piperidine rings is 1. The van der Waals surface area contributed by atoms with Crippen LogP contribution in [0.5, 0.6) is 5.75 Å². The first kappa shape index (κ1) is 22.1. The molecule has 2 aliphatic rings. The number of ether oxygens (including phenoxy) is 1. The molecular weight excluding hydrogens is 382 g/mol. The molecule has 2 fully saturated rings. The summed E-state index contributed by atoms with van der Waals surface area (Å²) in [5.74, 6) is 0.467. The Bertz CT molecular complexity index is 771. The van der Waals surface area contributed by atoms with E-state index in [4.69, 9.17) is 4.74 Å². The zero-order chi connectivity index (χ0) is 21.7. The first-order chi connectivity index (χ1) is 14.4. The van der Waals surface area contributed by atoms with Crippen LogP contribution in [0, 0.1) is 5.92 Å². The number of likely N-dealkylation sites (tertiary alicyclic amines) is 2. The predicted octanol–water partition coefficient (Wildman–Crippen LogP) is 1.99. The van der Waals surface area contributed by atoms with Gasteiger partial charge >= 0.3 is 0 Å². The number of nitrogens with one attached hydrogen (secondary N) is 1. The number of benzene rings is 1. The number of aryl methyl sites for hydroxylation is 1. The molecule has 3 rings (SSSR count). The fourth-order valence-corrected chi connectivity index (χ4v) is 4.17. The molecule has 0 bridgehead atoms. The van der Waals surface area contributed by atoms with E-state index >= 15 is 0 Å². The van der Waals surface area contributed by atoms with Crippen molar-refractivity contribution in [2.24, 2.45) is 5.92 Å². The number of hydrogen-bond donors (Lipinski definition) is 1. The molecule has 30 heavy (non-hydrogen) atoms. The molecular formula is C23H33N3O4. The molecule has 7 nitrogen and oxygen atoms in total. The van der Waals surface area contributed by atoms with Crippen LogP contribution in [-0.2, 0) is 20.8 Å². The molecule has 1 unspecified atom stereocenters. The van der Waals surface area contributed by atoms with E-state index in [1.54, 1.807) is 9.80 Å². The molecule has 3 amide bonds. The maximum Gasteiger partial charge on any atom is 0.260 e. The standard InChI is InChI=1S/C23H33N3O4/c1-4-17-7-5-6-8-20(17)30-15-22(28)25-11-9-19(10-12-25)24-23(29)18-13-21(27)26(14-18)16(2)3/h5-8,16,18-19H,4,9-15H2,1-3H3,(H,24,29). The summed E-state index contributed by atoms with van der Waals surface area (Å²) in [7, 11) is 0. The van der Waals surface area contributed by atoms with Gasteiger partial charge in [0.1, 0.15) is 5.75 Å². The molecule has 0 saturated carbocycles. The molecule has 1 atom stereocenters. The van der Waals surface area contributed by atoms with Crippen molar-refractivity contribution in [1.82, 2.24) is 15.1 Å². The maximum atomic E-state index is 12.6. The van der Waals surface area contributed by atoms with Gasteiger partial charge in [0.05, 0.1) is 5.92 Å². The monoisotopic (exact) mass is 415 g/mol. The Hall–Kier alpha value is -2.57. The van der Waals surface area contributed by atoms with E-state index in [1.807, 2.05) is 38.1 Å². The van der Waals surface area contributed by atoms with Gasteiger partial charge in [0, 0.05) is 38.1 Å². The number of carbonyl (C=O) groups excluding carboxylic acids is 3. The third-order valence-electron chi connectivity index (χ3n) is 6.05. The summed E-state index contributed by atoms with van der Waals surface area (Å²) >= 11 is 0. The molecule has 2 saturated heterocycles. The van der Waals surface area contributed by atoms with Crippen LogP contribution >= 0.6 is 0 Å². The molecule has 2 aliphatic heterocycles. The second-order valence-corrected chi connectivity index (χ2v) is 8.45. The summed E-state index contributed by atoms with van der Waals surface area (Å²) in [6.07, 6.45) is 2.59. The van der Waals surface area contributed by atoms with Gasteiger partial charge in [0.15, 0.2) is 6.61 Å². The Balaban J connectivity index is 1.42. The van der Waals surface area contributed by atoms with E-state index < -0.39 is 0 Å². The zero-order valence-electron chi connectivity index (χ0n) is 18.2. The Morgan fingerprint density at radius 2 is 1.90 bits per heavy atom. The summed E-state index contributed by atoms with van der Waals surface area (Å²) in [5, 5.41) is 3.09. The number of para-hydroxylation sites is 1. The van der Waals surface area contributed by atoms with Gasteiger partial charge in [-0.1, -0.05) is 25.1 Å². The fourth-order valence-electron chi connectivity index (χ4n) is 4.17. The molecule has 0 spiro atoms. The third kappa shape index (κ3) is 5.32. The van der Waals surface area contributed by atoms with Gasteiger partial charge in [-0.3, -0.25) is 14.4 Å². The highest BCUT2D eigenvalue weighted by atomic mass is 16.5. The molecule has 0 aromatic heterocycles. The van der Waals surface area contributed by atoms with E-state index in [0.29, 0.717) is 19.6 Å². The van der Waals surface area contributed by atoms with Crippen LogP contribution in [-0.4, -0.2) is 65.8 Å². The smallest absolute Gasteiger partial charge is 0.260 e. The molecule has 1 aromatic rings. The van der Waals surface area contributed by atoms with Crippen LogP contribution in [0.4, 0.5) is 0 Å². The van der Waals surface area contributed by atoms with Crippen LogP contribution in [0.2, 0.25) is 0 Å². The average molecular weight is 416 g/mol. The lowest BCUT2D eigenvalue weighted by atomic mass is 10.0. The molecule has 7 heteroatoms. The van der Waals surface area contributed by atoms with E-state index in [1.165, 1.54) is 0 Å². The van der Waals surface area contributed by atoms with Crippen molar-refractivity contribution in [3.8, 4) is 5.75 Å². The lowest BCUT2D eigenvalue weighted by molar-refractivity contribution is -0.134. The van der Waals surface area contributed by atoms with Crippen molar-refractivity contribution in [3.63, 3.8) is 0 Å². The highest BCUT2D eigenvalue weighted by molar-refractivity contribution is 5.89. The highest BCUT2D eigenvalue weighted by Gasteiger charge is 2.36. The molecule has 1 aromatic carbocycles. The second-order valence-electron chi connectivity index (χ2n) is 8.45. The first-order valence-electron chi connectivity index (χ1n) is 11.0. The highest BCUT2D eigenvalue weighted by Crippen LogP contribution is 2.22. The van der Waals surface area contributed by atoms with Crippen LogP contribution in [0.25, 0.3) is 0 Å². The fraction of sp³-hybridized carbons (Fsp3) is 0.609. The topological polar surface area (TPSA) is 79.0 Å². The summed E-state index contributed by atoms with van der Waals surface area (Å²) < 4.78 is 5.74. The van der Waals surface area contributed by atoms with Crippen molar-refractivity contribution < 1.29 is 19.1 Å². The van der Waals surface area contributed by atoms with E-state index in [9.17, 15) is 14.4 Å². The Morgan fingerprint density at radius 1 is 1.20 bits per heavy atom. The van der Waals surface area contributed by atoms with Gasteiger partial charge < -0.3 is 19.9 Å². The van der Waals surface area contributed by atoms with Crippen molar-refractivity contribution in [2.45, 2.75) is 58.5 Å². The van der Waals surface area contributed by atoms with E-state index in [-0.39, 0.29) is 48.8 Å². The maximum absolute atomic E-state index is 12.6. The van der Waals surface area contributed by atoms with Gasteiger partial charge in [-0.05, 0) is 44.7 Å². The minimum absolute atomic E-state index is 0.0281. The van der Waals surface area contributed by atoms with Crippen LogP contribution in [0.1, 0.15) is 45.6 Å². The van der Waals surface area contributed by atoms with Crippen LogP contribution < -0.4 is 10.1 Å². The molecule has 2 heterocycles. The van der Waals surface area contributed by atoms with Gasteiger partial charge in [-0.2, -0.15) is 0 Å². The van der Waals surface area contributed by atoms with Crippen molar-refractivity contribution in [2.75, 3.05) is 26.2 Å². The van der Waals surface area contributed by atoms with Crippen LogP contribution in [0.15, 0.2) is 24.3 Å². The molecule has 0 radical (unpaired) electrons. The first-order valence-corrected chi connectivity index (χ1v) is 11.0. The zero-order valence-corrected chi connectivity index (χ0v) is 18.2. The summed E-state index contributed by atoms with van der Waals surface area (Å²) in [4.78, 5) is 40.7. The molecule has 1 N–H and O–H groups in total. The molecule has 164 valence electrons.